The van der Waals surface area contributed by atoms with E-state index in [4.69, 9.17) is 4.84 Å². The molecular formula is C21H30N4O3. The molecule has 2 atom stereocenters. The first kappa shape index (κ1) is 20.2. The van der Waals surface area contributed by atoms with Gasteiger partial charge in [-0.05, 0) is 17.9 Å². The zero-order valence-corrected chi connectivity index (χ0v) is 16.7. The average molecular weight is 386 g/mol. The van der Waals surface area contributed by atoms with Crippen LogP contribution >= 0.6 is 0 Å². The molecule has 0 radical (unpaired) electrons. The Bertz CT molecular complexity index is 722. The molecule has 1 saturated heterocycles. The maximum Gasteiger partial charge on any atom is 0.317 e. The van der Waals surface area contributed by atoms with Gasteiger partial charge >= 0.3 is 6.03 Å². The van der Waals surface area contributed by atoms with E-state index in [0.717, 1.165) is 12.8 Å². The van der Waals surface area contributed by atoms with Crippen LogP contribution in [0.4, 0.5) is 4.79 Å². The molecule has 2 aliphatic heterocycles. The van der Waals surface area contributed by atoms with Crippen molar-refractivity contribution in [1.29, 1.82) is 0 Å². The second-order valence-corrected chi connectivity index (χ2v) is 7.77. The number of rotatable bonds is 7. The molecule has 3 rings (SSSR count). The van der Waals surface area contributed by atoms with Crippen LogP contribution in [-0.2, 0) is 9.63 Å². The van der Waals surface area contributed by atoms with Crippen LogP contribution < -0.4 is 10.6 Å². The quantitative estimate of drug-likeness (QED) is 0.707. The first-order valence-corrected chi connectivity index (χ1v) is 10.1. The average Bonchev–Trinajstić information content (AvgIpc) is 3.34. The Balaban J connectivity index is 1.45. The summed E-state index contributed by atoms with van der Waals surface area (Å²) < 4.78 is 0. The number of carbonyl (C=O) groups excluding carboxylic acids is 2. The lowest BCUT2D eigenvalue weighted by molar-refractivity contribution is -0.115. The Morgan fingerprint density at radius 1 is 1.29 bits per heavy atom. The number of urea groups is 1. The Hall–Kier alpha value is -2.57. The third-order valence-corrected chi connectivity index (χ3v) is 5.45. The van der Waals surface area contributed by atoms with Crippen LogP contribution in [0.3, 0.4) is 0 Å². The first-order valence-electron chi connectivity index (χ1n) is 10.1. The fourth-order valence-corrected chi connectivity index (χ4v) is 3.61. The second-order valence-electron chi connectivity index (χ2n) is 7.77. The highest BCUT2D eigenvalue weighted by Crippen LogP contribution is 2.33. The van der Waals surface area contributed by atoms with Crippen molar-refractivity contribution in [1.82, 2.24) is 15.5 Å². The van der Waals surface area contributed by atoms with Gasteiger partial charge in [0.05, 0.1) is 6.54 Å². The number of unbranched alkanes of at least 4 members (excludes halogenated alkanes) is 1. The molecule has 0 unspecified atom stereocenters. The highest BCUT2D eigenvalue weighted by molar-refractivity contribution is 6.39. The molecule has 1 aromatic carbocycles. The number of benzene rings is 1. The van der Waals surface area contributed by atoms with E-state index in [-0.39, 0.29) is 17.9 Å². The van der Waals surface area contributed by atoms with E-state index in [0.29, 0.717) is 44.7 Å². The minimum absolute atomic E-state index is 0.0662. The van der Waals surface area contributed by atoms with E-state index in [1.807, 2.05) is 18.2 Å². The Kier molecular flexibility index (Phi) is 6.54. The van der Waals surface area contributed by atoms with Gasteiger partial charge in [-0.25, -0.2) is 4.79 Å². The molecule has 1 aromatic rings. The van der Waals surface area contributed by atoms with E-state index >= 15 is 0 Å². The minimum atomic E-state index is -0.556. The second kappa shape index (κ2) is 9.08. The van der Waals surface area contributed by atoms with Gasteiger partial charge in [-0.3, -0.25) is 4.79 Å². The lowest BCUT2D eigenvalue weighted by atomic mass is 9.96. The maximum atomic E-state index is 12.5. The molecule has 28 heavy (non-hydrogen) atoms. The van der Waals surface area contributed by atoms with Crippen molar-refractivity contribution in [2.75, 3.05) is 26.2 Å². The highest BCUT2D eigenvalue weighted by Gasteiger charge is 2.47. The topological polar surface area (TPSA) is 83.0 Å². The van der Waals surface area contributed by atoms with E-state index in [1.165, 1.54) is 5.56 Å². The van der Waals surface area contributed by atoms with Gasteiger partial charge in [-0.15, -0.1) is 0 Å². The monoisotopic (exact) mass is 386 g/mol. The zero-order valence-electron chi connectivity index (χ0n) is 16.7. The molecule has 0 saturated carbocycles. The van der Waals surface area contributed by atoms with Crippen LogP contribution in [0, 0.1) is 0 Å². The summed E-state index contributed by atoms with van der Waals surface area (Å²) in [6.45, 7) is 6.48. The molecule has 2 N–H and O–H groups in total. The van der Waals surface area contributed by atoms with Gasteiger partial charge in [0.2, 0.25) is 0 Å². The molecular weight excluding hydrogens is 356 g/mol. The van der Waals surface area contributed by atoms with Gasteiger partial charge in [0.15, 0.2) is 5.60 Å². The molecule has 7 heteroatoms. The summed E-state index contributed by atoms with van der Waals surface area (Å²) in [6.07, 6.45) is 3.14. The SMILES string of the molecule is CCCCNC(=O)N1CC[C@@]2(CC(C(=O)NC[C@@H](C)c3ccccc3)=NO2)C1. The van der Waals surface area contributed by atoms with E-state index in [2.05, 4.69) is 41.8 Å². The van der Waals surface area contributed by atoms with E-state index < -0.39 is 5.60 Å². The van der Waals surface area contributed by atoms with Crippen molar-refractivity contribution in [2.45, 2.75) is 51.0 Å². The normalized spacial score (nSPS) is 21.9. The number of hydrogen-bond donors (Lipinski definition) is 2. The summed E-state index contributed by atoms with van der Waals surface area (Å²) in [6, 6.07) is 10.0. The van der Waals surface area contributed by atoms with Crippen molar-refractivity contribution in [3.05, 3.63) is 35.9 Å². The zero-order chi connectivity index (χ0) is 20.0. The minimum Gasteiger partial charge on any atom is -0.386 e. The predicted molar refractivity (Wildman–Crippen MR) is 108 cm³/mol. The smallest absolute Gasteiger partial charge is 0.317 e. The largest absolute Gasteiger partial charge is 0.386 e. The van der Waals surface area contributed by atoms with E-state index in [9.17, 15) is 9.59 Å². The van der Waals surface area contributed by atoms with E-state index in [1.54, 1.807) is 4.90 Å². The molecule has 0 bridgehead atoms. The molecule has 1 spiro atoms. The van der Waals surface area contributed by atoms with Crippen LogP contribution in [0.25, 0.3) is 0 Å². The van der Waals surface area contributed by atoms with Crippen molar-refractivity contribution >= 4 is 17.6 Å². The summed E-state index contributed by atoms with van der Waals surface area (Å²) in [4.78, 5) is 32.1. The molecule has 152 valence electrons. The van der Waals surface area contributed by atoms with Gasteiger partial charge in [-0.1, -0.05) is 55.8 Å². The van der Waals surface area contributed by atoms with Crippen LogP contribution in [-0.4, -0.2) is 54.3 Å². The summed E-state index contributed by atoms with van der Waals surface area (Å²) >= 11 is 0. The third kappa shape index (κ3) is 4.82. The van der Waals surface area contributed by atoms with Crippen LogP contribution in [0.1, 0.15) is 51.0 Å². The van der Waals surface area contributed by atoms with Gasteiger partial charge in [-0.2, -0.15) is 0 Å². The predicted octanol–water partition coefficient (Wildman–Crippen LogP) is 2.64. The summed E-state index contributed by atoms with van der Waals surface area (Å²) in [7, 11) is 0. The fraction of sp³-hybridized carbons (Fsp3) is 0.571. The summed E-state index contributed by atoms with van der Waals surface area (Å²) in [5.41, 5.74) is 1.04. The molecule has 0 aromatic heterocycles. The lowest BCUT2D eigenvalue weighted by Gasteiger charge is -2.22. The number of amides is 3. The van der Waals surface area contributed by atoms with Gasteiger partial charge < -0.3 is 20.4 Å². The van der Waals surface area contributed by atoms with Gasteiger partial charge in [0.25, 0.3) is 5.91 Å². The molecule has 3 amide bonds. The van der Waals surface area contributed by atoms with Crippen LogP contribution in [0.15, 0.2) is 35.5 Å². The molecule has 1 fully saturated rings. The van der Waals surface area contributed by atoms with Crippen molar-refractivity contribution < 1.29 is 14.4 Å². The van der Waals surface area contributed by atoms with Gasteiger partial charge in [0, 0.05) is 32.5 Å². The first-order chi connectivity index (χ1) is 13.5. The van der Waals surface area contributed by atoms with Crippen LogP contribution in [0.5, 0.6) is 0 Å². The Morgan fingerprint density at radius 2 is 2.07 bits per heavy atom. The standard InChI is InChI=1S/C21H30N4O3/c1-3-4-11-22-20(27)25-12-10-21(15-25)13-18(24-28-21)19(26)23-14-16(2)17-8-6-5-7-9-17/h5-9,16H,3-4,10-15H2,1-2H3,(H,22,27)(H,23,26)/t16-,21-/m1/s1. The molecule has 0 aliphatic carbocycles. The maximum absolute atomic E-state index is 12.5. The number of carbonyl (C=O) groups is 2. The fourth-order valence-electron chi connectivity index (χ4n) is 3.61. The number of hydrogen-bond acceptors (Lipinski definition) is 4. The molecule has 2 aliphatic rings. The molecule has 2 heterocycles. The highest BCUT2D eigenvalue weighted by atomic mass is 16.7. The number of nitrogens with one attached hydrogen (secondary N) is 2. The number of oxime groups is 1. The lowest BCUT2D eigenvalue weighted by Crippen LogP contribution is -2.42. The van der Waals surface area contributed by atoms with Gasteiger partial charge in [0.1, 0.15) is 5.71 Å². The third-order valence-electron chi connectivity index (χ3n) is 5.45. The summed E-state index contributed by atoms with van der Waals surface area (Å²) in [5.74, 6) is 0.0290. The van der Waals surface area contributed by atoms with Crippen LogP contribution in [0.2, 0.25) is 0 Å². The Labute approximate surface area is 166 Å². The summed E-state index contributed by atoms with van der Waals surface area (Å²) in [5, 5.41) is 9.92. The number of nitrogens with zero attached hydrogens (tertiary/aromatic N) is 2. The van der Waals surface area contributed by atoms with Crippen molar-refractivity contribution in [3.63, 3.8) is 0 Å². The Morgan fingerprint density at radius 3 is 2.82 bits per heavy atom. The van der Waals surface area contributed by atoms with Crippen molar-refractivity contribution in [3.8, 4) is 0 Å². The number of likely N-dealkylation sites (tertiary alicyclic amines) is 1. The van der Waals surface area contributed by atoms with Crippen molar-refractivity contribution in [2.24, 2.45) is 5.16 Å². The molecule has 7 nitrogen and oxygen atoms in total.